The molecule has 1 fully saturated rings. The van der Waals surface area contributed by atoms with Crippen molar-refractivity contribution in [3.8, 4) is 0 Å². The lowest BCUT2D eigenvalue weighted by molar-refractivity contribution is -0.161. The van der Waals surface area contributed by atoms with Crippen LogP contribution in [0.5, 0.6) is 0 Å². The predicted octanol–water partition coefficient (Wildman–Crippen LogP) is 1.53. The van der Waals surface area contributed by atoms with Crippen molar-refractivity contribution in [2.24, 2.45) is 16.8 Å². The van der Waals surface area contributed by atoms with Crippen LogP contribution in [-0.4, -0.2) is 41.5 Å². The molecule has 0 saturated carbocycles. The van der Waals surface area contributed by atoms with Gasteiger partial charge in [-0.1, -0.05) is 29.4 Å². The van der Waals surface area contributed by atoms with Gasteiger partial charge < -0.3 is 20.4 Å². The number of ether oxygens (including phenoxy) is 1. The Morgan fingerprint density at radius 2 is 2.08 bits per heavy atom. The first-order valence-electron chi connectivity index (χ1n) is 8.66. The summed E-state index contributed by atoms with van der Waals surface area (Å²) in [7, 11) is 0. The van der Waals surface area contributed by atoms with Gasteiger partial charge in [0.25, 0.3) is 0 Å². The van der Waals surface area contributed by atoms with Gasteiger partial charge in [0.15, 0.2) is 1.41 Å². The maximum atomic E-state index is 11.2. The molecule has 0 aromatic heterocycles. The molecule has 0 radical (unpaired) electrons. The zero-order valence-electron chi connectivity index (χ0n) is 15.4. The molecular weight excluding hydrogens is 324 g/mol. The van der Waals surface area contributed by atoms with Gasteiger partial charge in [-0.25, -0.2) is 4.79 Å². The minimum atomic E-state index is -1.38. The Kier molecular flexibility index (Phi) is 5.65. The van der Waals surface area contributed by atoms with Crippen LogP contribution in [0.4, 0.5) is 0 Å². The summed E-state index contributed by atoms with van der Waals surface area (Å²) < 4.78 is 12.4. The molecule has 0 bridgehead atoms. The lowest BCUT2D eigenvalue weighted by atomic mass is 9.92. The Bertz CT molecular complexity index is 673. The van der Waals surface area contributed by atoms with E-state index in [1.54, 1.807) is 0 Å². The number of hydrogen-bond acceptors (Lipinski definition) is 5. The van der Waals surface area contributed by atoms with Crippen molar-refractivity contribution in [1.29, 1.82) is 0 Å². The van der Waals surface area contributed by atoms with E-state index in [0.29, 0.717) is 26.1 Å². The number of carbonyl (C=O) groups is 2. The quantitative estimate of drug-likeness (QED) is 0.725. The number of carbonyl (C=O) groups excluding carboxylic acids is 1. The topological polar surface area (TPSA) is 111 Å². The van der Waals surface area contributed by atoms with E-state index in [-0.39, 0.29) is 18.2 Å². The molecule has 1 aliphatic heterocycles. The number of primary amides is 1. The van der Waals surface area contributed by atoms with E-state index in [0.717, 1.165) is 16.8 Å². The molecule has 1 heterocycles. The van der Waals surface area contributed by atoms with E-state index in [4.69, 9.17) is 16.1 Å². The lowest BCUT2D eigenvalue weighted by Gasteiger charge is -2.25. The van der Waals surface area contributed by atoms with Gasteiger partial charge in [-0.3, -0.25) is 4.79 Å². The molecule has 0 aliphatic carbocycles. The third-order valence-corrected chi connectivity index (χ3v) is 4.07. The third kappa shape index (κ3) is 5.56. The highest BCUT2D eigenvalue weighted by atomic mass is 16.7. The first kappa shape index (κ1) is 17.4. The van der Waals surface area contributed by atoms with Crippen LogP contribution in [0.15, 0.2) is 29.4 Å². The average Bonchev–Trinajstić information content (AvgIpc) is 2.62. The van der Waals surface area contributed by atoms with Crippen molar-refractivity contribution in [2.45, 2.75) is 38.7 Å². The summed E-state index contributed by atoms with van der Waals surface area (Å²) >= 11 is 0. The zero-order valence-corrected chi connectivity index (χ0v) is 14.4. The van der Waals surface area contributed by atoms with Gasteiger partial charge in [-0.15, -0.1) is 0 Å². The van der Waals surface area contributed by atoms with Crippen molar-refractivity contribution in [1.82, 2.24) is 0 Å². The van der Waals surface area contributed by atoms with Crippen molar-refractivity contribution < 1.29 is 25.7 Å². The Morgan fingerprint density at radius 1 is 1.40 bits per heavy atom. The van der Waals surface area contributed by atoms with Gasteiger partial charge in [0.2, 0.25) is 11.5 Å². The fourth-order valence-electron chi connectivity index (χ4n) is 2.47. The Hall–Kier alpha value is -2.41. The number of carboxylic acid groups (broad SMARTS) is 1. The van der Waals surface area contributed by atoms with Crippen LogP contribution in [0.1, 0.15) is 31.4 Å². The first-order valence-corrected chi connectivity index (χ1v) is 8.16. The van der Waals surface area contributed by atoms with E-state index < -0.39 is 11.6 Å². The molecule has 1 unspecified atom stereocenters. The zero-order chi connectivity index (χ0) is 19.2. The number of benzene rings is 1. The van der Waals surface area contributed by atoms with Crippen molar-refractivity contribution in [3.05, 3.63) is 35.4 Å². The van der Waals surface area contributed by atoms with Gasteiger partial charge in [-0.05, 0) is 31.4 Å². The number of carboxylic acids is 1. The number of nitrogens with two attached hydrogens (primary N) is 1. The SMILES string of the molecule is [2H]NC(=O)Cc1ccc(CC2COCC/C2=N\OC(C)(C)C(=O)O)cc1. The van der Waals surface area contributed by atoms with Gasteiger partial charge in [0.1, 0.15) is 0 Å². The number of hydrogen-bond donors (Lipinski definition) is 2. The van der Waals surface area contributed by atoms with E-state index in [2.05, 4.69) is 5.16 Å². The lowest BCUT2D eigenvalue weighted by Crippen LogP contribution is -2.35. The molecule has 1 amide bonds. The normalized spacial score (nSPS) is 20.0. The third-order valence-electron chi connectivity index (χ3n) is 4.07. The van der Waals surface area contributed by atoms with Crippen molar-refractivity contribution >= 4 is 17.6 Å². The molecule has 1 saturated heterocycles. The smallest absolute Gasteiger partial charge is 0.350 e. The van der Waals surface area contributed by atoms with Gasteiger partial charge >= 0.3 is 5.97 Å². The summed E-state index contributed by atoms with van der Waals surface area (Å²) in [6.45, 7) is 3.95. The molecule has 136 valence electrons. The molecule has 25 heavy (non-hydrogen) atoms. The Balaban J connectivity index is 2.03. The minimum absolute atomic E-state index is 0.00994. The molecule has 1 aromatic rings. The van der Waals surface area contributed by atoms with Crippen LogP contribution in [0, 0.1) is 5.92 Å². The van der Waals surface area contributed by atoms with Crippen molar-refractivity contribution in [3.63, 3.8) is 0 Å². The van der Waals surface area contributed by atoms with E-state index in [1.807, 2.05) is 30.0 Å². The molecule has 1 atom stereocenters. The highest BCUT2D eigenvalue weighted by Gasteiger charge is 2.31. The minimum Gasteiger partial charge on any atom is -0.478 e. The average molecular weight is 349 g/mol. The molecule has 2 rings (SSSR count). The molecule has 1 aromatic carbocycles. The van der Waals surface area contributed by atoms with Crippen LogP contribution in [-0.2, 0) is 32.0 Å². The number of aliphatic carboxylic acids is 1. The number of nitrogens with zero attached hydrogens (tertiary/aromatic N) is 1. The first-order chi connectivity index (χ1) is 12.3. The van der Waals surface area contributed by atoms with Crippen LogP contribution < -0.4 is 5.73 Å². The standard InChI is InChI=1S/C18H24N2O5/c1-18(2,17(22)23)25-20-15-7-8-24-11-14(15)9-12-3-5-13(6-4-12)10-16(19)21/h3-6,14H,7-11H2,1-2H3,(H2,19,21)(H,22,23)/b20-15+/i/hD. The van der Waals surface area contributed by atoms with Gasteiger partial charge in [0, 0.05) is 12.3 Å². The van der Waals surface area contributed by atoms with Gasteiger partial charge in [0.05, 0.1) is 25.3 Å². The number of oxime groups is 1. The highest BCUT2D eigenvalue weighted by molar-refractivity contribution is 5.87. The Morgan fingerprint density at radius 3 is 2.72 bits per heavy atom. The summed E-state index contributed by atoms with van der Waals surface area (Å²) in [6, 6.07) is 7.58. The van der Waals surface area contributed by atoms with Crippen LogP contribution in [0.25, 0.3) is 0 Å². The summed E-state index contributed by atoms with van der Waals surface area (Å²) in [5, 5.41) is 13.2. The second-order valence-electron chi connectivity index (χ2n) is 6.63. The summed E-state index contributed by atoms with van der Waals surface area (Å²) in [4.78, 5) is 27.6. The molecule has 0 spiro atoms. The van der Waals surface area contributed by atoms with Crippen LogP contribution >= 0.6 is 0 Å². The molecule has 1 aliphatic rings. The van der Waals surface area contributed by atoms with Crippen molar-refractivity contribution in [2.75, 3.05) is 13.2 Å². The van der Waals surface area contributed by atoms with E-state index in [9.17, 15) is 9.59 Å². The number of amides is 1. The fourth-order valence-corrected chi connectivity index (χ4v) is 2.47. The second kappa shape index (κ2) is 8.11. The maximum absolute atomic E-state index is 11.2. The summed E-state index contributed by atoms with van der Waals surface area (Å²) in [6.07, 6.45) is 1.45. The Labute approximate surface area is 148 Å². The van der Waals surface area contributed by atoms with Crippen LogP contribution in [0.3, 0.4) is 0 Å². The summed E-state index contributed by atoms with van der Waals surface area (Å²) in [5.41, 5.74) is 3.16. The summed E-state index contributed by atoms with van der Waals surface area (Å²) in [5.74, 6) is -1.42. The molecule has 3 N–H and O–H groups in total. The van der Waals surface area contributed by atoms with E-state index >= 15 is 0 Å². The predicted molar refractivity (Wildman–Crippen MR) is 92.2 cm³/mol. The van der Waals surface area contributed by atoms with Gasteiger partial charge in [-0.2, -0.15) is 0 Å². The molecule has 7 heteroatoms. The largest absolute Gasteiger partial charge is 0.478 e. The maximum Gasteiger partial charge on any atom is 0.350 e. The fraction of sp³-hybridized carbons (Fsp3) is 0.500. The molecule has 7 nitrogen and oxygen atoms in total. The second-order valence-corrected chi connectivity index (χ2v) is 6.63. The highest BCUT2D eigenvalue weighted by Crippen LogP contribution is 2.20. The monoisotopic (exact) mass is 349 g/mol. The molecular formula is C18H24N2O5. The van der Waals surface area contributed by atoms with E-state index in [1.165, 1.54) is 13.8 Å². The van der Waals surface area contributed by atoms with Crippen LogP contribution in [0.2, 0.25) is 1.41 Å². The number of rotatable bonds is 7.